The highest BCUT2D eigenvalue weighted by molar-refractivity contribution is 5.81. The van der Waals surface area contributed by atoms with Crippen molar-refractivity contribution in [2.24, 2.45) is 5.92 Å². The number of fused-ring (bicyclic) bond motifs is 5. The Kier molecular flexibility index (Phi) is 4.24. The zero-order valence-corrected chi connectivity index (χ0v) is 15.6. The van der Waals surface area contributed by atoms with Crippen LogP contribution in [0.4, 0.5) is 17.3 Å². The molecule has 0 spiro atoms. The van der Waals surface area contributed by atoms with Crippen LogP contribution in [0.1, 0.15) is 46.6 Å². The van der Waals surface area contributed by atoms with Crippen molar-refractivity contribution < 1.29 is 0 Å². The molecule has 0 saturated carbocycles. The van der Waals surface area contributed by atoms with Gasteiger partial charge in [0.25, 0.3) is 0 Å². The van der Waals surface area contributed by atoms with Crippen LogP contribution in [0, 0.1) is 5.92 Å². The van der Waals surface area contributed by atoms with Gasteiger partial charge in [0.05, 0.1) is 0 Å². The Morgan fingerprint density at radius 1 is 1.04 bits per heavy atom. The molecule has 2 aromatic rings. The third-order valence-electron chi connectivity index (χ3n) is 5.47. The maximum absolute atomic E-state index is 4.63. The number of hydrogen-bond donors (Lipinski definition) is 0. The molecule has 0 bridgehead atoms. The molecule has 2 aliphatic heterocycles. The van der Waals surface area contributed by atoms with Gasteiger partial charge in [-0.05, 0) is 23.5 Å². The Bertz CT molecular complexity index is 725. The van der Waals surface area contributed by atoms with Crippen molar-refractivity contribution in [3.05, 3.63) is 42.2 Å². The van der Waals surface area contributed by atoms with Gasteiger partial charge in [0.2, 0.25) is 0 Å². The highest BCUT2D eigenvalue weighted by Gasteiger charge is 2.51. The van der Waals surface area contributed by atoms with E-state index in [-0.39, 0.29) is 11.6 Å². The Balaban J connectivity index is 0.000000815. The van der Waals surface area contributed by atoms with E-state index in [0.717, 1.165) is 18.1 Å². The van der Waals surface area contributed by atoms with E-state index in [4.69, 9.17) is 0 Å². The topological polar surface area (TPSA) is 32.3 Å². The van der Waals surface area contributed by atoms with E-state index in [0.29, 0.717) is 5.92 Å². The number of hydrogen-bond acceptors (Lipinski definition) is 4. The fourth-order valence-corrected chi connectivity index (χ4v) is 4.39. The largest absolute Gasteiger partial charge is 0.335 e. The van der Waals surface area contributed by atoms with Gasteiger partial charge in [-0.2, -0.15) is 0 Å². The van der Waals surface area contributed by atoms with Crippen LogP contribution in [0.15, 0.2) is 36.7 Å². The second-order valence-electron chi connectivity index (χ2n) is 6.85. The van der Waals surface area contributed by atoms with Gasteiger partial charge < -0.3 is 9.80 Å². The molecule has 0 radical (unpaired) electrons. The van der Waals surface area contributed by atoms with Crippen LogP contribution >= 0.6 is 0 Å². The van der Waals surface area contributed by atoms with Crippen LogP contribution in [-0.4, -0.2) is 23.2 Å². The van der Waals surface area contributed by atoms with Crippen LogP contribution in [0.25, 0.3) is 0 Å². The summed E-state index contributed by atoms with van der Waals surface area (Å²) >= 11 is 0. The lowest BCUT2D eigenvalue weighted by Gasteiger charge is -2.50. The molecule has 1 aromatic carbocycles. The van der Waals surface area contributed by atoms with Crippen molar-refractivity contribution in [2.75, 3.05) is 16.8 Å². The van der Waals surface area contributed by atoms with Crippen LogP contribution in [-0.2, 0) is 5.41 Å². The highest BCUT2D eigenvalue weighted by atomic mass is 15.5. The van der Waals surface area contributed by atoms with E-state index < -0.39 is 0 Å². The standard InChI is InChI=1S/C18H22N4.C2H6/c1-5-12-17-21(4)15-16(20-11-10-19-15)22(17)14-9-7-6-8-13(14)18(12,2)3;1-2/h6-12,17H,5H2,1-4H3;1-2H3. The number of benzene rings is 1. The smallest absolute Gasteiger partial charge is 0.178 e. The molecule has 24 heavy (non-hydrogen) atoms. The van der Waals surface area contributed by atoms with E-state index in [2.05, 4.69) is 71.9 Å². The summed E-state index contributed by atoms with van der Waals surface area (Å²) in [5.41, 5.74) is 2.81. The van der Waals surface area contributed by atoms with Gasteiger partial charge >= 0.3 is 0 Å². The summed E-state index contributed by atoms with van der Waals surface area (Å²) in [5.74, 6) is 2.48. The molecule has 3 heterocycles. The summed E-state index contributed by atoms with van der Waals surface area (Å²) in [6.07, 6.45) is 4.98. The Hall–Kier alpha value is -2.10. The summed E-state index contributed by atoms with van der Waals surface area (Å²) in [5, 5.41) is 0. The minimum atomic E-state index is 0.128. The van der Waals surface area contributed by atoms with Gasteiger partial charge in [0, 0.05) is 31.0 Å². The summed E-state index contributed by atoms with van der Waals surface area (Å²) < 4.78 is 0. The first-order valence-corrected chi connectivity index (χ1v) is 9.00. The molecule has 0 fully saturated rings. The molecule has 4 heteroatoms. The van der Waals surface area contributed by atoms with Gasteiger partial charge in [-0.15, -0.1) is 0 Å². The summed E-state index contributed by atoms with van der Waals surface area (Å²) in [6.45, 7) is 11.0. The van der Waals surface area contributed by atoms with Gasteiger partial charge in [-0.25, -0.2) is 9.97 Å². The molecule has 0 amide bonds. The Morgan fingerprint density at radius 2 is 1.67 bits per heavy atom. The molecule has 128 valence electrons. The predicted octanol–water partition coefficient (Wildman–Crippen LogP) is 4.73. The second kappa shape index (κ2) is 6.08. The van der Waals surface area contributed by atoms with Gasteiger partial charge in [0.1, 0.15) is 6.17 Å². The number of para-hydroxylation sites is 1. The molecule has 0 N–H and O–H groups in total. The maximum atomic E-state index is 4.63. The van der Waals surface area contributed by atoms with E-state index in [1.165, 1.54) is 11.3 Å². The fourth-order valence-electron chi connectivity index (χ4n) is 4.39. The van der Waals surface area contributed by atoms with Gasteiger partial charge in [-0.3, -0.25) is 0 Å². The van der Waals surface area contributed by atoms with E-state index in [1.54, 1.807) is 12.4 Å². The van der Waals surface area contributed by atoms with Crippen molar-refractivity contribution in [3.8, 4) is 0 Å². The molecule has 2 aliphatic rings. The average Bonchev–Trinajstić information content (AvgIpc) is 2.90. The second-order valence-corrected chi connectivity index (χ2v) is 6.85. The summed E-state index contributed by atoms with van der Waals surface area (Å²) in [6, 6.07) is 8.74. The molecule has 1 aromatic heterocycles. The maximum Gasteiger partial charge on any atom is 0.178 e. The van der Waals surface area contributed by atoms with Crippen LogP contribution in [0.5, 0.6) is 0 Å². The molecule has 0 aliphatic carbocycles. The average molecular weight is 324 g/mol. The minimum Gasteiger partial charge on any atom is -0.335 e. The Morgan fingerprint density at radius 3 is 2.33 bits per heavy atom. The molecular weight excluding hydrogens is 296 g/mol. The van der Waals surface area contributed by atoms with E-state index in [1.807, 2.05) is 13.8 Å². The number of rotatable bonds is 1. The molecule has 4 rings (SSSR count). The van der Waals surface area contributed by atoms with Gasteiger partial charge in [-0.1, -0.05) is 52.8 Å². The number of anilines is 3. The summed E-state index contributed by atoms with van der Waals surface area (Å²) in [4.78, 5) is 13.9. The van der Waals surface area contributed by atoms with Crippen molar-refractivity contribution in [1.82, 2.24) is 9.97 Å². The number of nitrogens with zero attached hydrogens (tertiary/aromatic N) is 4. The van der Waals surface area contributed by atoms with Crippen molar-refractivity contribution in [2.45, 2.75) is 52.6 Å². The monoisotopic (exact) mass is 324 g/mol. The molecule has 2 unspecified atom stereocenters. The van der Waals surface area contributed by atoms with Crippen LogP contribution in [0.3, 0.4) is 0 Å². The third kappa shape index (κ3) is 2.12. The first-order valence-electron chi connectivity index (χ1n) is 9.00. The van der Waals surface area contributed by atoms with Crippen molar-refractivity contribution in [1.29, 1.82) is 0 Å². The fraction of sp³-hybridized carbons (Fsp3) is 0.500. The molecule has 0 saturated heterocycles. The highest BCUT2D eigenvalue weighted by Crippen LogP contribution is 2.54. The lowest BCUT2D eigenvalue weighted by atomic mass is 9.67. The third-order valence-corrected chi connectivity index (χ3v) is 5.47. The lowest BCUT2D eigenvalue weighted by Crippen LogP contribution is -2.54. The zero-order chi connectivity index (χ0) is 17.5. The molecule has 4 nitrogen and oxygen atoms in total. The van der Waals surface area contributed by atoms with Crippen LogP contribution in [0.2, 0.25) is 0 Å². The SMILES string of the molecule is CC.CCC1C2N(C)c3nccnc3N2c2ccccc2C1(C)C. The number of aromatic nitrogens is 2. The Labute approximate surface area is 145 Å². The quantitative estimate of drug-likeness (QED) is 0.759. The van der Waals surface area contributed by atoms with E-state index in [9.17, 15) is 0 Å². The van der Waals surface area contributed by atoms with Gasteiger partial charge in [0.15, 0.2) is 11.6 Å². The van der Waals surface area contributed by atoms with Crippen molar-refractivity contribution >= 4 is 17.3 Å². The molecular formula is C20H28N4. The minimum absolute atomic E-state index is 0.128. The predicted molar refractivity (Wildman–Crippen MR) is 101 cm³/mol. The first kappa shape index (κ1) is 16.7. The van der Waals surface area contributed by atoms with Crippen molar-refractivity contribution in [3.63, 3.8) is 0 Å². The first-order chi connectivity index (χ1) is 11.6. The summed E-state index contributed by atoms with van der Waals surface area (Å²) in [7, 11) is 2.14. The van der Waals surface area contributed by atoms with E-state index >= 15 is 0 Å². The molecule has 2 atom stereocenters. The zero-order valence-electron chi connectivity index (χ0n) is 15.6. The lowest BCUT2D eigenvalue weighted by molar-refractivity contribution is 0.245. The van der Waals surface area contributed by atoms with Crippen LogP contribution < -0.4 is 9.80 Å². The normalized spacial score (nSPS) is 22.9.